The molecule has 0 unspecified atom stereocenters. The van der Waals surface area contributed by atoms with E-state index in [2.05, 4.69) is 20.9 Å². The molecular formula is C9H8BrNO4. The molecule has 0 saturated heterocycles. The zero-order valence-corrected chi connectivity index (χ0v) is 9.44. The van der Waals surface area contributed by atoms with Crippen molar-refractivity contribution >= 4 is 27.9 Å². The highest BCUT2D eigenvalue weighted by Gasteiger charge is 2.15. The first kappa shape index (κ1) is 11.6. The predicted molar refractivity (Wildman–Crippen MR) is 54.9 cm³/mol. The van der Waals surface area contributed by atoms with Gasteiger partial charge < -0.3 is 9.84 Å². The van der Waals surface area contributed by atoms with Gasteiger partial charge in [0.1, 0.15) is 5.69 Å². The molecule has 0 fully saturated rings. The average Bonchev–Trinajstić information content (AvgIpc) is 2.18. The van der Waals surface area contributed by atoms with Crippen molar-refractivity contribution in [2.75, 3.05) is 6.61 Å². The number of carbonyl (C=O) groups excluding carboxylic acids is 1. The number of hydrogen-bond acceptors (Lipinski definition) is 4. The van der Waals surface area contributed by atoms with Crippen molar-refractivity contribution in [2.24, 2.45) is 0 Å². The maximum atomic E-state index is 11.4. The van der Waals surface area contributed by atoms with Crippen molar-refractivity contribution in [3.63, 3.8) is 0 Å². The molecule has 1 aromatic heterocycles. The topological polar surface area (TPSA) is 76.5 Å². The van der Waals surface area contributed by atoms with Crippen LogP contribution in [0.5, 0.6) is 0 Å². The molecule has 0 aromatic carbocycles. The van der Waals surface area contributed by atoms with Gasteiger partial charge in [0.25, 0.3) is 0 Å². The van der Waals surface area contributed by atoms with Crippen molar-refractivity contribution in [2.45, 2.75) is 6.92 Å². The van der Waals surface area contributed by atoms with Crippen molar-refractivity contribution < 1.29 is 19.4 Å². The molecule has 0 bridgehead atoms. The van der Waals surface area contributed by atoms with Crippen LogP contribution in [0.25, 0.3) is 0 Å². The van der Waals surface area contributed by atoms with E-state index in [0.717, 1.165) is 0 Å². The normalized spacial score (nSPS) is 9.73. The minimum atomic E-state index is -1.19. The number of carboxylic acids is 1. The first-order valence-electron chi connectivity index (χ1n) is 4.12. The summed E-state index contributed by atoms with van der Waals surface area (Å²) in [5.41, 5.74) is -0.0366. The van der Waals surface area contributed by atoms with Gasteiger partial charge in [-0.2, -0.15) is 0 Å². The lowest BCUT2D eigenvalue weighted by atomic mass is 10.2. The van der Waals surface area contributed by atoms with Crippen molar-refractivity contribution in [3.05, 3.63) is 28.0 Å². The molecule has 15 heavy (non-hydrogen) atoms. The van der Waals surface area contributed by atoms with Gasteiger partial charge in [-0.05, 0) is 28.9 Å². The molecule has 0 aliphatic carbocycles. The third-order valence-corrected chi connectivity index (χ3v) is 2.20. The van der Waals surface area contributed by atoms with Crippen LogP contribution in [0.15, 0.2) is 16.7 Å². The zero-order chi connectivity index (χ0) is 11.4. The number of aromatic carboxylic acids is 1. The summed E-state index contributed by atoms with van der Waals surface area (Å²) in [5.74, 6) is -1.76. The number of nitrogens with zero attached hydrogens (tertiary/aromatic N) is 1. The van der Waals surface area contributed by atoms with Crippen LogP contribution in [0.1, 0.15) is 27.8 Å². The Labute approximate surface area is 94.2 Å². The van der Waals surface area contributed by atoms with E-state index in [4.69, 9.17) is 9.84 Å². The molecule has 1 heterocycles. The fraction of sp³-hybridized carbons (Fsp3) is 0.222. The Morgan fingerprint density at radius 1 is 1.60 bits per heavy atom. The summed E-state index contributed by atoms with van der Waals surface area (Å²) in [5, 5.41) is 8.68. The van der Waals surface area contributed by atoms with E-state index in [1.807, 2.05) is 0 Å². The highest BCUT2D eigenvalue weighted by Crippen LogP contribution is 2.17. The van der Waals surface area contributed by atoms with Crippen LogP contribution in [0.2, 0.25) is 0 Å². The first-order chi connectivity index (χ1) is 7.06. The number of carboxylic acid groups (broad SMARTS) is 1. The highest BCUT2D eigenvalue weighted by atomic mass is 79.9. The average molecular weight is 274 g/mol. The lowest BCUT2D eigenvalue weighted by molar-refractivity contribution is 0.0525. The number of carbonyl (C=O) groups is 2. The van der Waals surface area contributed by atoms with E-state index < -0.39 is 11.9 Å². The Kier molecular flexibility index (Phi) is 3.79. The largest absolute Gasteiger partial charge is 0.477 e. The van der Waals surface area contributed by atoms with E-state index in [0.29, 0.717) is 4.47 Å². The summed E-state index contributed by atoms with van der Waals surface area (Å²) >= 11 is 3.09. The van der Waals surface area contributed by atoms with E-state index in [-0.39, 0.29) is 17.9 Å². The number of esters is 1. The minimum absolute atomic E-state index is 0.157. The molecule has 0 radical (unpaired) electrons. The zero-order valence-electron chi connectivity index (χ0n) is 7.86. The summed E-state index contributed by atoms with van der Waals surface area (Å²) in [7, 11) is 0. The minimum Gasteiger partial charge on any atom is -0.477 e. The molecule has 5 nitrogen and oxygen atoms in total. The summed E-state index contributed by atoms with van der Waals surface area (Å²) in [6.45, 7) is 1.90. The van der Waals surface area contributed by atoms with Crippen LogP contribution >= 0.6 is 15.9 Å². The molecule has 1 N–H and O–H groups in total. The fourth-order valence-electron chi connectivity index (χ4n) is 0.921. The molecular weight excluding hydrogens is 266 g/mol. The summed E-state index contributed by atoms with van der Waals surface area (Å²) in [6, 6.07) is 1.17. The number of rotatable bonds is 3. The van der Waals surface area contributed by atoms with Gasteiger partial charge in [0.05, 0.1) is 16.6 Å². The van der Waals surface area contributed by atoms with Gasteiger partial charge in [-0.25, -0.2) is 14.6 Å². The molecule has 0 atom stereocenters. The molecule has 0 amide bonds. The number of pyridine rings is 1. The van der Waals surface area contributed by atoms with Gasteiger partial charge in [0, 0.05) is 6.20 Å². The molecule has 80 valence electrons. The van der Waals surface area contributed by atoms with Gasteiger partial charge in [-0.15, -0.1) is 0 Å². The lowest BCUT2D eigenvalue weighted by Crippen LogP contribution is -2.09. The van der Waals surface area contributed by atoms with Crippen LogP contribution in [0.3, 0.4) is 0 Å². The molecule has 1 aromatic rings. The maximum Gasteiger partial charge on any atom is 0.354 e. The third kappa shape index (κ3) is 2.76. The molecule has 0 aliphatic rings. The molecule has 1 rings (SSSR count). The highest BCUT2D eigenvalue weighted by molar-refractivity contribution is 9.10. The van der Waals surface area contributed by atoms with E-state index in [9.17, 15) is 9.59 Å². The summed E-state index contributed by atoms with van der Waals surface area (Å²) in [4.78, 5) is 25.6. The van der Waals surface area contributed by atoms with Gasteiger partial charge in [0.15, 0.2) is 0 Å². The Balaban J connectivity index is 3.10. The number of ether oxygens (including phenoxy) is 1. The third-order valence-electron chi connectivity index (χ3n) is 1.57. The Morgan fingerprint density at radius 2 is 2.27 bits per heavy atom. The van der Waals surface area contributed by atoms with Crippen LogP contribution in [-0.4, -0.2) is 28.6 Å². The Bertz CT molecular complexity index is 405. The number of aromatic nitrogens is 1. The first-order valence-corrected chi connectivity index (χ1v) is 4.91. The summed E-state index contributed by atoms with van der Waals surface area (Å²) in [6.07, 6.45) is 1.26. The van der Waals surface area contributed by atoms with Gasteiger partial charge in [0.2, 0.25) is 0 Å². The second-order valence-electron chi connectivity index (χ2n) is 2.58. The lowest BCUT2D eigenvalue weighted by Gasteiger charge is -2.04. The predicted octanol–water partition coefficient (Wildman–Crippen LogP) is 1.72. The van der Waals surface area contributed by atoms with Gasteiger partial charge in [-0.1, -0.05) is 0 Å². The van der Waals surface area contributed by atoms with Gasteiger partial charge in [-0.3, -0.25) is 0 Å². The molecule has 0 spiro atoms. The fourth-order valence-corrected chi connectivity index (χ4v) is 1.30. The Morgan fingerprint density at radius 3 is 2.80 bits per heavy atom. The standard InChI is InChI=1S/C9H8BrNO4/c1-2-15-9(14)5-3-7(8(12)13)11-4-6(5)10/h3-4H,2H2,1H3,(H,12,13). The van der Waals surface area contributed by atoms with Crippen molar-refractivity contribution in [1.29, 1.82) is 0 Å². The van der Waals surface area contributed by atoms with Gasteiger partial charge >= 0.3 is 11.9 Å². The Hall–Kier alpha value is -1.43. The van der Waals surface area contributed by atoms with E-state index in [1.165, 1.54) is 12.3 Å². The van der Waals surface area contributed by atoms with Crippen molar-refractivity contribution in [3.8, 4) is 0 Å². The number of halogens is 1. The number of hydrogen-bond donors (Lipinski definition) is 1. The monoisotopic (exact) mass is 273 g/mol. The summed E-state index contributed by atoms with van der Waals surface area (Å²) < 4.78 is 5.16. The molecule has 6 heteroatoms. The molecule has 0 aliphatic heterocycles. The van der Waals surface area contributed by atoms with E-state index in [1.54, 1.807) is 6.92 Å². The second-order valence-corrected chi connectivity index (χ2v) is 3.43. The van der Waals surface area contributed by atoms with Crippen molar-refractivity contribution in [1.82, 2.24) is 4.98 Å². The van der Waals surface area contributed by atoms with E-state index >= 15 is 0 Å². The quantitative estimate of drug-likeness (QED) is 0.849. The van der Waals surface area contributed by atoms with Crippen LogP contribution in [-0.2, 0) is 4.74 Å². The maximum absolute atomic E-state index is 11.4. The SMILES string of the molecule is CCOC(=O)c1cc(C(=O)O)ncc1Br. The van der Waals surface area contributed by atoms with Crippen LogP contribution < -0.4 is 0 Å². The second kappa shape index (κ2) is 4.88. The molecule has 0 saturated carbocycles. The van der Waals surface area contributed by atoms with Crippen LogP contribution in [0.4, 0.5) is 0 Å². The van der Waals surface area contributed by atoms with Crippen LogP contribution in [0, 0.1) is 0 Å². The smallest absolute Gasteiger partial charge is 0.354 e.